The summed E-state index contributed by atoms with van der Waals surface area (Å²) in [7, 11) is 1.52. The molecule has 1 fully saturated rings. The number of nitrogens with one attached hydrogen (secondary N) is 1. The Kier molecular flexibility index (Phi) is 5.68. The van der Waals surface area contributed by atoms with Crippen molar-refractivity contribution in [3.05, 3.63) is 29.8 Å². The number of hydrogen-bond acceptors (Lipinski definition) is 4. The van der Waals surface area contributed by atoms with Crippen LogP contribution in [0.15, 0.2) is 24.3 Å². The van der Waals surface area contributed by atoms with E-state index >= 15 is 0 Å². The van der Waals surface area contributed by atoms with E-state index in [1.54, 1.807) is 12.1 Å². The van der Waals surface area contributed by atoms with Crippen molar-refractivity contribution in [2.45, 2.75) is 26.2 Å². The number of hydrogen-bond donors (Lipinski definition) is 1. The fraction of sp³-hybridized carbons (Fsp3) is 0.412. The van der Waals surface area contributed by atoms with Crippen LogP contribution in [0, 0.1) is 6.92 Å². The highest BCUT2D eigenvalue weighted by Crippen LogP contribution is 2.12. The molecule has 7 nitrogen and oxygen atoms in total. The number of carbonyl (C=O) groups excluding carboxylic acids is 4. The summed E-state index contributed by atoms with van der Waals surface area (Å²) in [5.74, 6) is -1.08. The molecule has 0 atom stereocenters. The molecule has 0 unspecified atom stereocenters. The first-order chi connectivity index (χ1) is 11.4. The lowest BCUT2D eigenvalue weighted by Crippen LogP contribution is -2.38. The third-order valence-corrected chi connectivity index (χ3v) is 3.85. The first kappa shape index (κ1) is 17.7. The molecule has 1 heterocycles. The SMILES string of the molecule is Cc1ccc(NC(=O)CN(C)C(=O)CCN2C(=O)CCC2=O)cc1. The topological polar surface area (TPSA) is 86.8 Å². The molecule has 1 N–H and O–H groups in total. The van der Waals surface area contributed by atoms with Crippen molar-refractivity contribution >= 4 is 29.3 Å². The minimum Gasteiger partial charge on any atom is -0.336 e. The van der Waals surface area contributed by atoms with Crippen molar-refractivity contribution in [3.63, 3.8) is 0 Å². The molecule has 0 bridgehead atoms. The van der Waals surface area contributed by atoms with E-state index in [2.05, 4.69) is 5.32 Å². The van der Waals surface area contributed by atoms with Gasteiger partial charge in [-0.1, -0.05) is 17.7 Å². The largest absolute Gasteiger partial charge is 0.336 e. The monoisotopic (exact) mass is 331 g/mol. The summed E-state index contributed by atoms with van der Waals surface area (Å²) in [5.41, 5.74) is 1.76. The molecule has 1 aliphatic rings. The second kappa shape index (κ2) is 7.72. The fourth-order valence-electron chi connectivity index (χ4n) is 2.41. The number of carbonyl (C=O) groups is 4. The Morgan fingerprint density at radius 1 is 1.12 bits per heavy atom. The van der Waals surface area contributed by atoms with Crippen LogP contribution in [0.2, 0.25) is 0 Å². The van der Waals surface area contributed by atoms with Crippen LogP contribution in [0.3, 0.4) is 0 Å². The van der Waals surface area contributed by atoms with E-state index in [0.717, 1.165) is 10.5 Å². The van der Waals surface area contributed by atoms with Gasteiger partial charge < -0.3 is 10.2 Å². The minimum atomic E-state index is -0.303. The maximum Gasteiger partial charge on any atom is 0.243 e. The molecule has 1 saturated heterocycles. The van der Waals surface area contributed by atoms with Crippen LogP contribution >= 0.6 is 0 Å². The van der Waals surface area contributed by atoms with Gasteiger partial charge in [0.15, 0.2) is 0 Å². The summed E-state index contributed by atoms with van der Waals surface area (Å²) in [6, 6.07) is 7.35. The zero-order valence-electron chi connectivity index (χ0n) is 13.9. The molecule has 1 aliphatic heterocycles. The van der Waals surface area contributed by atoms with Crippen LogP contribution in [-0.4, -0.2) is 53.6 Å². The molecule has 0 saturated carbocycles. The quantitative estimate of drug-likeness (QED) is 0.786. The van der Waals surface area contributed by atoms with Crippen molar-refractivity contribution < 1.29 is 19.2 Å². The second-order valence-corrected chi connectivity index (χ2v) is 5.85. The van der Waals surface area contributed by atoms with Crippen molar-refractivity contribution in [2.24, 2.45) is 0 Å². The standard InChI is InChI=1S/C17H21N3O4/c1-12-3-5-13(6-4-12)18-14(21)11-19(2)15(22)9-10-20-16(23)7-8-17(20)24/h3-6H,7-11H2,1-2H3,(H,18,21). The number of benzene rings is 1. The Balaban J connectivity index is 1.78. The maximum absolute atomic E-state index is 12.0. The van der Waals surface area contributed by atoms with Crippen molar-refractivity contribution in [3.8, 4) is 0 Å². The van der Waals surface area contributed by atoms with E-state index in [4.69, 9.17) is 0 Å². The van der Waals surface area contributed by atoms with Crippen molar-refractivity contribution in [1.82, 2.24) is 9.80 Å². The van der Waals surface area contributed by atoms with Crippen LogP contribution in [-0.2, 0) is 19.2 Å². The van der Waals surface area contributed by atoms with Crippen LogP contribution < -0.4 is 5.32 Å². The lowest BCUT2D eigenvalue weighted by Gasteiger charge is -2.19. The average molecular weight is 331 g/mol. The molecule has 2 rings (SSSR count). The predicted molar refractivity (Wildman–Crippen MR) is 88.0 cm³/mol. The zero-order chi connectivity index (χ0) is 17.7. The van der Waals surface area contributed by atoms with Gasteiger partial charge >= 0.3 is 0 Å². The zero-order valence-corrected chi connectivity index (χ0v) is 13.9. The molecule has 4 amide bonds. The van der Waals surface area contributed by atoms with Crippen LogP contribution in [0.25, 0.3) is 0 Å². The highest BCUT2D eigenvalue weighted by Gasteiger charge is 2.29. The Morgan fingerprint density at radius 2 is 1.71 bits per heavy atom. The van der Waals surface area contributed by atoms with Gasteiger partial charge in [-0.15, -0.1) is 0 Å². The lowest BCUT2D eigenvalue weighted by molar-refractivity contribution is -0.140. The number of aryl methyl sites for hydroxylation is 1. The molecule has 0 aromatic heterocycles. The van der Waals surface area contributed by atoms with E-state index in [9.17, 15) is 19.2 Å². The lowest BCUT2D eigenvalue weighted by atomic mass is 10.2. The molecule has 128 valence electrons. The number of likely N-dealkylation sites (N-methyl/N-ethyl adjacent to an activating group) is 1. The summed E-state index contributed by atoms with van der Waals surface area (Å²) >= 11 is 0. The normalized spacial score (nSPS) is 14.0. The Bertz CT molecular complexity index is 638. The van der Waals surface area contributed by atoms with Gasteiger partial charge in [-0.05, 0) is 19.1 Å². The van der Waals surface area contributed by atoms with E-state index in [1.165, 1.54) is 11.9 Å². The molecule has 7 heteroatoms. The summed E-state index contributed by atoms with van der Waals surface area (Å²) in [4.78, 5) is 49.4. The maximum atomic E-state index is 12.0. The first-order valence-corrected chi connectivity index (χ1v) is 7.80. The third-order valence-electron chi connectivity index (χ3n) is 3.85. The summed E-state index contributed by atoms with van der Waals surface area (Å²) in [6.07, 6.45) is 0.440. The second-order valence-electron chi connectivity index (χ2n) is 5.85. The molecule has 0 radical (unpaired) electrons. The smallest absolute Gasteiger partial charge is 0.243 e. The van der Waals surface area contributed by atoms with Crippen molar-refractivity contribution in [2.75, 3.05) is 25.5 Å². The van der Waals surface area contributed by atoms with E-state index in [0.29, 0.717) is 5.69 Å². The first-order valence-electron chi connectivity index (χ1n) is 7.80. The Hall–Kier alpha value is -2.70. The van der Waals surface area contributed by atoms with Gasteiger partial charge in [0.2, 0.25) is 23.6 Å². The highest BCUT2D eigenvalue weighted by atomic mass is 16.2. The highest BCUT2D eigenvalue weighted by molar-refractivity contribution is 6.02. The van der Waals surface area contributed by atoms with Crippen LogP contribution in [0.4, 0.5) is 5.69 Å². The molecule has 1 aromatic rings. The Labute approximate surface area is 140 Å². The number of nitrogens with zero attached hydrogens (tertiary/aromatic N) is 2. The molecule has 0 aliphatic carbocycles. The minimum absolute atomic E-state index is 0.0196. The Morgan fingerprint density at radius 3 is 2.29 bits per heavy atom. The number of anilines is 1. The molecular weight excluding hydrogens is 310 g/mol. The van der Waals surface area contributed by atoms with Gasteiger partial charge in [0.1, 0.15) is 0 Å². The van der Waals surface area contributed by atoms with E-state index < -0.39 is 0 Å². The molecular formula is C17H21N3O4. The van der Waals surface area contributed by atoms with Gasteiger partial charge in [-0.25, -0.2) is 0 Å². The molecule has 24 heavy (non-hydrogen) atoms. The van der Waals surface area contributed by atoms with Crippen molar-refractivity contribution in [1.29, 1.82) is 0 Å². The van der Waals surface area contributed by atoms with E-state index in [1.807, 2.05) is 19.1 Å². The summed E-state index contributed by atoms with van der Waals surface area (Å²) in [5, 5.41) is 2.71. The van der Waals surface area contributed by atoms with Gasteiger partial charge in [-0.2, -0.15) is 0 Å². The summed E-state index contributed by atoms with van der Waals surface area (Å²) < 4.78 is 0. The summed E-state index contributed by atoms with van der Waals surface area (Å²) in [6.45, 7) is 1.93. The fourth-order valence-corrected chi connectivity index (χ4v) is 2.41. The van der Waals surface area contributed by atoms with Gasteiger partial charge in [0, 0.05) is 38.5 Å². The number of amides is 4. The third kappa shape index (κ3) is 4.65. The number of likely N-dealkylation sites (tertiary alicyclic amines) is 1. The average Bonchev–Trinajstić information content (AvgIpc) is 2.85. The number of rotatable bonds is 6. The number of imide groups is 1. The predicted octanol–water partition coefficient (Wildman–Crippen LogP) is 0.931. The van der Waals surface area contributed by atoms with Gasteiger partial charge in [0.05, 0.1) is 6.54 Å². The molecule has 0 spiro atoms. The van der Waals surface area contributed by atoms with Crippen LogP contribution in [0.1, 0.15) is 24.8 Å². The van der Waals surface area contributed by atoms with Gasteiger partial charge in [-0.3, -0.25) is 24.1 Å². The van der Waals surface area contributed by atoms with Crippen LogP contribution in [0.5, 0.6) is 0 Å². The molecule has 1 aromatic carbocycles. The van der Waals surface area contributed by atoms with Gasteiger partial charge in [0.25, 0.3) is 0 Å². The van der Waals surface area contributed by atoms with E-state index in [-0.39, 0.29) is 56.0 Å².